The number of aryl methyl sites for hydroxylation is 2. The van der Waals surface area contributed by atoms with E-state index in [1.54, 1.807) is 39.2 Å². The van der Waals surface area contributed by atoms with Crippen LogP contribution in [0.2, 0.25) is 0 Å². The molecule has 0 saturated carbocycles. The summed E-state index contributed by atoms with van der Waals surface area (Å²) in [5.74, 6) is 0.591. The number of hydrogen-bond acceptors (Lipinski definition) is 5. The number of nitrogens with zero attached hydrogens (tertiary/aromatic N) is 3. The molecule has 0 radical (unpaired) electrons. The minimum atomic E-state index is -0.489. The molecule has 0 amide bonds. The van der Waals surface area contributed by atoms with Gasteiger partial charge in [0.1, 0.15) is 23.1 Å². The molecule has 7 heteroatoms. The first-order valence-electron chi connectivity index (χ1n) is 7.02. The highest BCUT2D eigenvalue weighted by molar-refractivity contribution is 9.10. The Morgan fingerprint density at radius 3 is 2.42 bits per heavy atom. The van der Waals surface area contributed by atoms with Gasteiger partial charge in [-0.3, -0.25) is 4.79 Å². The lowest BCUT2D eigenvalue weighted by Gasteiger charge is -2.10. The number of halogens is 1. The molecule has 0 unspecified atom stereocenters. The fourth-order valence-corrected chi connectivity index (χ4v) is 2.77. The second-order valence-electron chi connectivity index (χ2n) is 5.04. The van der Waals surface area contributed by atoms with E-state index in [1.807, 2.05) is 6.07 Å². The van der Waals surface area contributed by atoms with Gasteiger partial charge in [0, 0.05) is 17.3 Å². The maximum Gasteiger partial charge on any atom is 0.289 e. The van der Waals surface area contributed by atoms with Gasteiger partial charge in [-0.15, -0.1) is 0 Å². The zero-order chi connectivity index (χ0) is 17.9. The van der Waals surface area contributed by atoms with Crippen molar-refractivity contribution in [2.75, 3.05) is 14.2 Å². The summed E-state index contributed by atoms with van der Waals surface area (Å²) in [6.07, 6.45) is 1.47. The molecular weight excluding hydrogens is 374 g/mol. The first-order valence-corrected chi connectivity index (χ1v) is 7.81. The van der Waals surface area contributed by atoms with Crippen LogP contribution in [0.5, 0.6) is 11.5 Å². The summed E-state index contributed by atoms with van der Waals surface area (Å²) in [6.45, 7) is 3.55. The number of hydrogen-bond donors (Lipinski definition) is 0. The number of allylic oxidation sites excluding steroid dienone is 1. The lowest BCUT2D eigenvalue weighted by Crippen LogP contribution is -2.15. The Morgan fingerprint density at radius 2 is 1.92 bits per heavy atom. The van der Waals surface area contributed by atoms with Crippen molar-refractivity contribution < 1.29 is 14.3 Å². The molecule has 0 bridgehead atoms. The minimum absolute atomic E-state index is 0.0448. The van der Waals surface area contributed by atoms with Gasteiger partial charge in [-0.2, -0.15) is 10.4 Å². The molecule has 0 atom stereocenters. The summed E-state index contributed by atoms with van der Waals surface area (Å²) in [4.78, 5) is 12.6. The van der Waals surface area contributed by atoms with Crippen molar-refractivity contribution in [3.05, 3.63) is 45.2 Å². The summed E-state index contributed by atoms with van der Waals surface area (Å²) in [6, 6.07) is 7.11. The van der Waals surface area contributed by atoms with Crippen LogP contribution in [-0.4, -0.2) is 29.9 Å². The number of nitriles is 1. The average molecular weight is 390 g/mol. The van der Waals surface area contributed by atoms with Crippen LogP contribution in [0, 0.1) is 25.2 Å². The van der Waals surface area contributed by atoms with Crippen molar-refractivity contribution in [3.63, 3.8) is 0 Å². The van der Waals surface area contributed by atoms with Crippen LogP contribution in [0.1, 0.15) is 21.7 Å². The van der Waals surface area contributed by atoms with Crippen molar-refractivity contribution in [1.29, 1.82) is 5.26 Å². The van der Waals surface area contributed by atoms with Crippen LogP contribution in [0.3, 0.4) is 0 Å². The molecular formula is C17H16BrN3O3. The predicted molar refractivity (Wildman–Crippen MR) is 93.2 cm³/mol. The predicted octanol–water partition coefficient (Wildman–Crippen LogP) is 3.53. The van der Waals surface area contributed by atoms with Gasteiger partial charge in [0.2, 0.25) is 0 Å². The first kappa shape index (κ1) is 17.8. The average Bonchev–Trinajstić information content (AvgIpc) is 2.90. The molecule has 2 aromatic rings. The van der Waals surface area contributed by atoms with Crippen molar-refractivity contribution >= 4 is 27.9 Å². The Bertz CT molecular complexity index is 863. The molecule has 0 N–H and O–H groups in total. The van der Waals surface area contributed by atoms with Gasteiger partial charge in [-0.1, -0.05) is 0 Å². The molecule has 1 heterocycles. The number of rotatable bonds is 4. The zero-order valence-corrected chi connectivity index (χ0v) is 15.3. The second kappa shape index (κ2) is 7.32. The third-order valence-corrected chi connectivity index (χ3v) is 3.98. The Labute approximate surface area is 148 Å². The Morgan fingerprint density at radius 1 is 1.25 bits per heavy atom. The van der Waals surface area contributed by atoms with Crippen molar-refractivity contribution in [1.82, 2.24) is 9.78 Å². The molecule has 6 nitrogen and oxygen atoms in total. The molecule has 0 spiro atoms. The number of carbonyl (C=O) groups is 1. The minimum Gasteiger partial charge on any atom is -0.496 e. The van der Waals surface area contributed by atoms with Gasteiger partial charge in [0.25, 0.3) is 5.91 Å². The summed E-state index contributed by atoms with van der Waals surface area (Å²) >= 11 is 3.38. The molecule has 2 rings (SSSR count). The van der Waals surface area contributed by atoms with Crippen molar-refractivity contribution in [2.45, 2.75) is 13.8 Å². The van der Waals surface area contributed by atoms with Gasteiger partial charge < -0.3 is 9.47 Å². The lowest BCUT2D eigenvalue weighted by molar-refractivity contribution is 0.0944. The van der Waals surface area contributed by atoms with Gasteiger partial charge in [0.05, 0.1) is 24.4 Å². The maximum absolute atomic E-state index is 12.6. The highest BCUT2D eigenvalue weighted by Gasteiger charge is 2.17. The lowest BCUT2D eigenvalue weighted by atomic mass is 10.1. The van der Waals surface area contributed by atoms with E-state index < -0.39 is 5.91 Å². The first-order chi connectivity index (χ1) is 11.4. The Kier molecular flexibility index (Phi) is 5.42. The normalized spacial score (nSPS) is 11.1. The maximum atomic E-state index is 12.6. The molecule has 0 fully saturated rings. The van der Waals surface area contributed by atoms with Crippen LogP contribution in [0.4, 0.5) is 0 Å². The van der Waals surface area contributed by atoms with Crippen LogP contribution >= 0.6 is 15.9 Å². The number of methoxy groups -OCH3 is 2. The Hall–Kier alpha value is -2.59. The van der Waals surface area contributed by atoms with E-state index in [0.29, 0.717) is 32.9 Å². The topological polar surface area (TPSA) is 77.1 Å². The van der Waals surface area contributed by atoms with Crippen molar-refractivity contribution in [2.24, 2.45) is 0 Å². The molecule has 124 valence electrons. The fraction of sp³-hybridized carbons (Fsp3) is 0.235. The largest absolute Gasteiger partial charge is 0.496 e. The number of benzene rings is 1. The SMILES string of the molecule is COc1cc(OC)c(/C=C(\C#N)C(=O)n2nc(C)cc2C)cc1Br. The van der Waals surface area contributed by atoms with Gasteiger partial charge in [-0.25, -0.2) is 4.68 Å². The van der Waals surface area contributed by atoms with E-state index in [0.717, 1.165) is 0 Å². The number of aromatic nitrogens is 2. The van der Waals surface area contributed by atoms with Crippen LogP contribution < -0.4 is 9.47 Å². The van der Waals surface area contributed by atoms with E-state index in [2.05, 4.69) is 21.0 Å². The second-order valence-corrected chi connectivity index (χ2v) is 5.90. The summed E-state index contributed by atoms with van der Waals surface area (Å²) in [5.41, 5.74) is 1.91. The van der Waals surface area contributed by atoms with E-state index in [1.165, 1.54) is 17.9 Å². The van der Waals surface area contributed by atoms with Gasteiger partial charge in [-0.05, 0) is 48.0 Å². The van der Waals surface area contributed by atoms with E-state index in [9.17, 15) is 10.1 Å². The van der Waals surface area contributed by atoms with E-state index in [4.69, 9.17) is 9.47 Å². The summed E-state index contributed by atoms with van der Waals surface area (Å²) < 4.78 is 12.4. The van der Waals surface area contributed by atoms with E-state index >= 15 is 0 Å². The molecule has 1 aromatic heterocycles. The number of ether oxygens (including phenoxy) is 2. The van der Waals surface area contributed by atoms with Crippen LogP contribution in [-0.2, 0) is 0 Å². The zero-order valence-electron chi connectivity index (χ0n) is 13.8. The molecule has 0 aliphatic carbocycles. The standard InChI is InChI=1S/C17H16BrN3O3/c1-10-5-11(2)21(20-10)17(22)13(9-19)6-12-7-14(18)16(24-4)8-15(12)23-3/h5-8H,1-4H3/b13-6+. The summed E-state index contributed by atoms with van der Waals surface area (Å²) in [5, 5.41) is 13.5. The number of carbonyl (C=O) groups excluding carboxylic acids is 1. The highest BCUT2D eigenvalue weighted by Crippen LogP contribution is 2.34. The molecule has 24 heavy (non-hydrogen) atoms. The van der Waals surface area contributed by atoms with Gasteiger partial charge >= 0.3 is 0 Å². The third-order valence-electron chi connectivity index (χ3n) is 3.36. The van der Waals surface area contributed by atoms with Gasteiger partial charge in [0.15, 0.2) is 0 Å². The quantitative estimate of drug-likeness (QED) is 0.590. The highest BCUT2D eigenvalue weighted by atomic mass is 79.9. The monoisotopic (exact) mass is 389 g/mol. The molecule has 0 aliphatic rings. The third kappa shape index (κ3) is 3.49. The molecule has 0 saturated heterocycles. The van der Waals surface area contributed by atoms with Crippen molar-refractivity contribution in [3.8, 4) is 17.6 Å². The molecule has 0 aliphatic heterocycles. The Balaban J connectivity index is 2.52. The van der Waals surface area contributed by atoms with E-state index in [-0.39, 0.29) is 5.57 Å². The fourth-order valence-electron chi connectivity index (χ4n) is 2.24. The van der Waals surface area contributed by atoms with Crippen LogP contribution in [0.25, 0.3) is 6.08 Å². The van der Waals surface area contributed by atoms with Crippen LogP contribution in [0.15, 0.2) is 28.2 Å². The smallest absolute Gasteiger partial charge is 0.289 e. The molecule has 1 aromatic carbocycles. The summed E-state index contributed by atoms with van der Waals surface area (Å²) in [7, 11) is 3.05.